The van der Waals surface area contributed by atoms with Gasteiger partial charge in [0.1, 0.15) is 11.9 Å². The predicted octanol–water partition coefficient (Wildman–Crippen LogP) is 0.203. The Morgan fingerprint density at radius 1 is 1.28 bits per heavy atom. The van der Waals surface area contributed by atoms with E-state index in [-0.39, 0.29) is 11.9 Å². The number of benzene rings is 1. The summed E-state index contributed by atoms with van der Waals surface area (Å²) in [5.74, 6) is 1.07. The van der Waals surface area contributed by atoms with Crippen LogP contribution in [0.3, 0.4) is 0 Å². The zero-order chi connectivity index (χ0) is 18.1. The van der Waals surface area contributed by atoms with Crippen LogP contribution >= 0.6 is 0 Å². The van der Waals surface area contributed by atoms with Crippen molar-refractivity contribution in [1.29, 1.82) is 0 Å². The number of likely N-dealkylation sites (N-methyl/N-ethyl adjacent to an activating group) is 2. The maximum absolute atomic E-state index is 12.3. The highest BCUT2D eigenvalue weighted by atomic mass is 16.5. The van der Waals surface area contributed by atoms with E-state index in [1.54, 1.807) is 11.9 Å². The SMILES string of the molecule is CCN1CC(CN(C)c2nn(C)c(=O)n(C)c2=O)Oc2ccccc21. The summed E-state index contributed by atoms with van der Waals surface area (Å²) in [5, 5.41) is 4.11. The first kappa shape index (κ1) is 17.1. The van der Waals surface area contributed by atoms with Gasteiger partial charge in [0.05, 0.1) is 18.8 Å². The van der Waals surface area contributed by atoms with Crippen LogP contribution in [0.1, 0.15) is 6.92 Å². The Morgan fingerprint density at radius 3 is 2.72 bits per heavy atom. The predicted molar refractivity (Wildman–Crippen MR) is 96.7 cm³/mol. The molecule has 8 heteroatoms. The Kier molecular flexibility index (Phi) is 4.52. The van der Waals surface area contributed by atoms with Gasteiger partial charge in [-0.3, -0.25) is 9.36 Å². The van der Waals surface area contributed by atoms with Gasteiger partial charge < -0.3 is 14.5 Å². The fraction of sp³-hybridized carbons (Fsp3) is 0.471. The molecule has 1 aromatic heterocycles. The van der Waals surface area contributed by atoms with Crippen molar-refractivity contribution in [1.82, 2.24) is 14.3 Å². The standard InChI is InChI=1S/C17H23N5O3/c1-5-22-11-12(25-14-9-7-6-8-13(14)22)10-19(2)15-16(23)20(3)17(24)21(4)18-15/h6-9,12H,5,10-11H2,1-4H3. The van der Waals surface area contributed by atoms with Crippen LogP contribution in [-0.4, -0.2) is 47.1 Å². The molecule has 0 fully saturated rings. The monoisotopic (exact) mass is 345 g/mol. The third-order valence-corrected chi connectivity index (χ3v) is 4.45. The van der Waals surface area contributed by atoms with E-state index in [1.165, 1.54) is 18.8 Å². The van der Waals surface area contributed by atoms with E-state index < -0.39 is 11.2 Å². The highest BCUT2D eigenvalue weighted by Crippen LogP contribution is 2.32. The largest absolute Gasteiger partial charge is 0.485 e. The molecule has 0 aliphatic carbocycles. The summed E-state index contributed by atoms with van der Waals surface area (Å²) in [6, 6.07) is 7.94. The van der Waals surface area contributed by atoms with Gasteiger partial charge in [-0.05, 0) is 19.1 Å². The van der Waals surface area contributed by atoms with Gasteiger partial charge in [0, 0.05) is 27.7 Å². The molecular formula is C17H23N5O3. The minimum Gasteiger partial charge on any atom is -0.485 e. The highest BCUT2D eigenvalue weighted by Gasteiger charge is 2.26. The summed E-state index contributed by atoms with van der Waals surface area (Å²) in [4.78, 5) is 28.1. The van der Waals surface area contributed by atoms with E-state index in [1.807, 2.05) is 24.3 Å². The van der Waals surface area contributed by atoms with Crippen molar-refractivity contribution in [2.24, 2.45) is 14.1 Å². The summed E-state index contributed by atoms with van der Waals surface area (Å²) in [6.07, 6.45) is -0.108. The van der Waals surface area contributed by atoms with Gasteiger partial charge in [-0.25, -0.2) is 9.48 Å². The second-order valence-corrected chi connectivity index (χ2v) is 6.22. The van der Waals surface area contributed by atoms with Gasteiger partial charge >= 0.3 is 5.69 Å². The molecule has 0 saturated carbocycles. The molecule has 1 atom stereocenters. The van der Waals surface area contributed by atoms with Crippen molar-refractivity contribution in [3.63, 3.8) is 0 Å². The van der Waals surface area contributed by atoms with Crippen molar-refractivity contribution in [2.45, 2.75) is 13.0 Å². The lowest BCUT2D eigenvalue weighted by Gasteiger charge is -2.37. The number of aryl methyl sites for hydroxylation is 1. The lowest BCUT2D eigenvalue weighted by molar-refractivity contribution is 0.199. The average Bonchev–Trinajstić information content (AvgIpc) is 2.62. The van der Waals surface area contributed by atoms with E-state index in [4.69, 9.17) is 4.74 Å². The van der Waals surface area contributed by atoms with Crippen LogP contribution in [0.25, 0.3) is 0 Å². The third kappa shape index (κ3) is 3.11. The number of rotatable bonds is 4. The van der Waals surface area contributed by atoms with Crippen molar-refractivity contribution in [3.05, 3.63) is 45.1 Å². The number of para-hydroxylation sites is 2. The molecular weight excluding hydrogens is 322 g/mol. The fourth-order valence-electron chi connectivity index (χ4n) is 3.09. The number of nitrogens with zero attached hydrogens (tertiary/aromatic N) is 5. The quantitative estimate of drug-likeness (QED) is 0.788. The van der Waals surface area contributed by atoms with Crippen LogP contribution in [0.5, 0.6) is 5.75 Å². The first-order chi connectivity index (χ1) is 11.9. The van der Waals surface area contributed by atoms with E-state index in [9.17, 15) is 9.59 Å². The maximum Gasteiger partial charge on any atom is 0.346 e. The Morgan fingerprint density at radius 2 is 2.00 bits per heavy atom. The van der Waals surface area contributed by atoms with Crippen molar-refractivity contribution in [2.75, 3.05) is 36.5 Å². The number of anilines is 2. The number of hydrogen-bond donors (Lipinski definition) is 0. The molecule has 1 aliphatic heterocycles. The zero-order valence-corrected chi connectivity index (χ0v) is 15.0. The van der Waals surface area contributed by atoms with Gasteiger partial charge in [0.15, 0.2) is 0 Å². The lowest BCUT2D eigenvalue weighted by Crippen LogP contribution is -2.48. The van der Waals surface area contributed by atoms with E-state index in [2.05, 4.69) is 16.9 Å². The van der Waals surface area contributed by atoms with E-state index >= 15 is 0 Å². The Balaban J connectivity index is 1.84. The molecule has 1 aromatic carbocycles. The third-order valence-electron chi connectivity index (χ3n) is 4.45. The molecule has 0 spiro atoms. The fourth-order valence-corrected chi connectivity index (χ4v) is 3.09. The Labute approximate surface area is 145 Å². The minimum atomic E-state index is -0.442. The molecule has 0 N–H and O–H groups in total. The molecule has 8 nitrogen and oxygen atoms in total. The van der Waals surface area contributed by atoms with Crippen molar-refractivity contribution < 1.29 is 4.74 Å². The molecule has 1 unspecified atom stereocenters. The van der Waals surface area contributed by atoms with Gasteiger partial charge in [-0.15, -0.1) is 5.10 Å². The van der Waals surface area contributed by atoms with Crippen LogP contribution in [0.2, 0.25) is 0 Å². The van der Waals surface area contributed by atoms with Gasteiger partial charge in [-0.2, -0.15) is 0 Å². The molecule has 25 heavy (non-hydrogen) atoms. The topological polar surface area (TPSA) is 72.6 Å². The second kappa shape index (κ2) is 6.62. The summed E-state index contributed by atoms with van der Waals surface area (Å²) in [7, 11) is 4.77. The number of ether oxygens (including phenoxy) is 1. The summed E-state index contributed by atoms with van der Waals surface area (Å²) >= 11 is 0. The normalized spacial score (nSPS) is 16.3. The van der Waals surface area contributed by atoms with Crippen LogP contribution in [0.4, 0.5) is 11.5 Å². The summed E-state index contributed by atoms with van der Waals surface area (Å²) < 4.78 is 8.32. The summed E-state index contributed by atoms with van der Waals surface area (Å²) in [5.41, 5.74) is 0.233. The van der Waals surface area contributed by atoms with E-state index in [0.717, 1.165) is 29.1 Å². The molecule has 3 rings (SSSR count). The van der Waals surface area contributed by atoms with Crippen molar-refractivity contribution >= 4 is 11.5 Å². The Bertz CT molecular complexity index is 889. The molecule has 0 bridgehead atoms. The molecule has 2 aromatic rings. The molecule has 0 amide bonds. The average molecular weight is 345 g/mol. The zero-order valence-electron chi connectivity index (χ0n) is 15.0. The molecule has 2 heterocycles. The minimum absolute atomic E-state index is 0.108. The van der Waals surface area contributed by atoms with Gasteiger partial charge in [-0.1, -0.05) is 12.1 Å². The van der Waals surface area contributed by atoms with Crippen LogP contribution < -0.4 is 25.8 Å². The van der Waals surface area contributed by atoms with Crippen LogP contribution in [-0.2, 0) is 14.1 Å². The maximum atomic E-state index is 12.3. The Hall–Kier alpha value is -2.77. The highest BCUT2D eigenvalue weighted by molar-refractivity contribution is 5.60. The van der Waals surface area contributed by atoms with E-state index in [0.29, 0.717) is 6.54 Å². The second-order valence-electron chi connectivity index (χ2n) is 6.22. The van der Waals surface area contributed by atoms with Crippen LogP contribution in [0, 0.1) is 0 Å². The number of fused-ring (bicyclic) bond motifs is 1. The smallest absolute Gasteiger partial charge is 0.346 e. The molecule has 134 valence electrons. The lowest BCUT2D eigenvalue weighted by atomic mass is 10.2. The number of hydrogen-bond acceptors (Lipinski definition) is 6. The molecule has 0 radical (unpaired) electrons. The van der Waals surface area contributed by atoms with Crippen molar-refractivity contribution in [3.8, 4) is 5.75 Å². The summed E-state index contributed by atoms with van der Waals surface area (Å²) in [6.45, 7) is 4.20. The van der Waals surface area contributed by atoms with Gasteiger partial charge in [0.2, 0.25) is 5.82 Å². The molecule has 0 saturated heterocycles. The van der Waals surface area contributed by atoms with Crippen LogP contribution in [0.15, 0.2) is 33.9 Å². The first-order valence-electron chi connectivity index (χ1n) is 8.28. The first-order valence-corrected chi connectivity index (χ1v) is 8.28. The van der Waals surface area contributed by atoms with Gasteiger partial charge in [0.25, 0.3) is 5.56 Å². The number of aromatic nitrogens is 3. The molecule has 1 aliphatic rings.